The van der Waals surface area contributed by atoms with Gasteiger partial charge in [-0.25, -0.2) is 16.8 Å². The smallest absolute Gasteiger partial charge is 0.416 e. The largest absolute Gasteiger partial charge is 0.456 e. The molecule has 0 aliphatic carbocycles. The SMILES string of the molecule is O=[N+]([O-])c1ccc(Oc2ccc(C(F)(F)F)cc2Cl)cc1S(=O)(=O)NS(=O)(=O)c1ccc(Br)cc1. The molecule has 35 heavy (non-hydrogen) atoms. The number of halogens is 5. The molecule has 9 nitrogen and oxygen atoms in total. The van der Waals surface area contributed by atoms with Crippen molar-refractivity contribution in [1.82, 2.24) is 4.13 Å². The fraction of sp³-hybridized carbons (Fsp3) is 0.0526. The van der Waals surface area contributed by atoms with Crippen molar-refractivity contribution in [1.29, 1.82) is 0 Å². The maximum atomic E-state index is 12.8. The predicted molar refractivity (Wildman–Crippen MR) is 121 cm³/mol. The zero-order chi connectivity index (χ0) is 26.2. The Kier molecular flexibility index (Phi) is 7.48. The Hall–Kier alpha value is -2.72. The molecule has 0 radical (unpaired) electrons. The maximum Gasteiger partial charge on any atom is 0.416 e. The van der Waals surface area contributed by atoms with Crippen LogP contribution < -0.4 is 8.86 Å². The van der Waals surface area contributed by atoms with Crippen LogP contribution in [0.2, 0.25) is 5.02 Å². The van der Waals surface area contributed by atoms with E-state index in [1.54, 1.807) is 0 Å². The summed E-state index contributed by atoms with van der Waals surface area (Å²) in [4.78, 5) is 8.83. The summed E-state index contributed by atoms with van der Waals surface area (Å²) in [5, 5.41) is 10.9. The molecular formula is C19H11BrClF3N2O7S2. The zero-order valence-corrected chi connectivity index (χ0v) is 20.8. The van der Waals surface area contributed by atoms with Gasteiger partial charge in [-0.15, -0.1) is 4.13 Å². The first kappa shape index (κ1) is 26.9. The van der Waals surface area contributed by atoms with Crippen LogP contribution in [0.3, 0.4) is 0 Å². The number of alkyl halides is 3. The van der Waals surface area contributed by atoms with Crippen molar-refractivity contribution >= 4 is 53.3 Å². The highest BCUT2D eigenvalue weighted by Crippen LogP contribution is 2.38. The van der Waals surface area contributed by atoms with Crippen LogP contribution in [0, 0.1) is 10.1 Å². The molecule has 3 rings (SSSR count). The second kappa shape index (κ2) is 9.73. The highest BCUT2D eigenvalue weighted by Gasteiger charge is 2.33. The van der Waals surface area contributed by atoms with E-state index in [0.717, 1.165) is 30.3 Å². The minimum absolute atomic E-state index is 0.313. The summed E-state index contributed by atoms with van der Waals surface area (Å²) in [6.07, 6.45) is -4.68. The Labute approximate surface area is 209 Å². The first-order valence-corrected chi connectivity index (χ1v) is 13.1. The molecule has 0 atom stereocenters. The molecular weight excluding hydrogens is 605 g/mol. The Balaban J connectivity index is 2.00. The third-order valence-electron chi connectivity index (χ3n) is 4.25. The van der Waals surface area contributed by atoms with Gasteiger partial charge in [0.05, 0.1) is 20.4 Å². The third-order valence-corrected chi connectivity index (χ3v) is 8.63. The molecule has 0 aliphatic heterocycles. The van der Waals surface area contributed by atoms with Crippen molar-refractivity contribution in [3.05, 3.63) is 85.8 Å². The number of benzene rings is 3. The molecule has 186 valence electrons. The van der Waals surface area contributed by atoms with Crippen molar-refractivity contribution in [2.24, 2.45) is 0 Å². The fourth-order valence-electron chi connectivity index (χ4n) is 2.66. The summed E-state index contributed by atoms with van der Waals surface area (Å²) in [7, 11) is -9.73. The van der Waals surface area contributed by atoms with E-state index in [4.69, 9.17) is 16.3 Å². The second-order valence-corrected chi connectivity index (χ2v) is 11.6. The third kappa shape index (κ3) is 6.29. The lowest BCUT2D eigenvalue weighted by atomic mass is 10.2. The number of rotatable bonds is 7. The van der Waals surface area contributed by atoms with Crippen molar-refractivity contribution in [3.63, 3.8) is 0 Å². The Bertz CT molecular complexity index is 1510. The van der Waals surface area contributed by atoms with Crippen molar-refractivity contribution in [2.75, 3.05) is 0 Å². The molecule has 0 aromatic heterocycles. The standard InChI is InChI=1S/C19H11BrClF3N2O7S2/c20-12-2-5-14(6-3-12)34(29,30)25-35(31,32)18-10-13(4-7-16(18)26(27)28)33-17-8-1-11(9-15(17)21)19(22,23)24/h1-10,25H. The molecule has 3 aromatic rings. The zero-order valence-electron chi connectivity index (χ0n) is 16.8. The van der Waals surface area contributed by atoms with E-state index in [1.807, 2.05) is 0 Å². The number of hydrogen-bond donors (Lipinski definition) is 1. The molecule has 0 aliphatic rings. The second-order valence-electron chi connectivity index (χ2n) is 6.68. The first-order chi connectivity index (χ1) is 16.1. The van der Waals surface area contributed by atoms with Gasteiger partial charge in [0.2, 0.25) is 0 Å². The average molecular weight is 616 g/mol. The van der Waals surface area contributed by atoms with Crippen LogP contribution >= 0.6 is 27.5 Å². The molecule has 0 unspecified atom stereocenters. The molecule has 0 saturated heterocycles. The lowest BCUT2D eigenvalue weighted by Crippen LogP contribution is -2.31. The monoisotopic (exact) mass is 614 g/mol. The van der Waals surface area contributed by atoms with E-state index < -0.39 is 57.2 Å². The van der Waals surface area contributed by atoms with Gasteiger partial charge in [-0.1, -0.05) is 27.5 Å². The number of nitrogens with zero attached hydrogens (tertiary/aromatic N) is 1. The van der Waals surface area contributed by atoms with Crippen LogP contribution in [0.5, 0.6) is 11.5 Å². The highest BCUT2D eigenvalue weighted by molar-refractivity contribution is 9.10. The number of nitro groups is 1. The molecule has 0 amide bonds. The summed E-state index contributed by atoms with van der Waals surface area (Å²) >= 11 is 8.92. The first-order valence-electron chi connectivity index (χ1n) is 8.97. The Morgan fingerprint density at radius 1 is 0.943 bits per heavy atom. The summed E-state index contributed by atoms with van der Waals surface area (Å²) in [5.41, 5.74) is -2.04. The number of nitro benzene ring substituents is 1. The lowest BCUT2D eigenvalue weighted by molar-refractivity contribution is -0.387. The van der Waals surface area contributed by atoms with Gasteiger partial charge in [-0.05, 0) is 48.5 Å². The quantitative estimate of drug-likeness (QED) is 0.275. The van der Waals surface area contributed by atoms with Gasteiger partial charge < -0.3 is 4.74 Å². The number of hydrogen-bond acceptors (Lipinski definition) is 7. The van der Waals surface area contributed by atoms with E-state index in [0.29, 0.717) is 22.7 Å². The van der Waals surface area contributed by atoms with Crippen molar-refractivity contribution in [3.8, 4) is 11.5 Å². The molecule has 0 saturated carbocycles. The van der Waals surface area contributed by atoms with Crippen molar-refractivity contribution in [2.45, 2.75) is 16.0 Å². The number of sulfonamides is 2. The maximum absolute atomic E-state index is 12.8. The molecule has 0 spiro atoms. The van der Waals surface area contributed by atoms with Crippen LogP contribution in [0.25, 0.3) is 0 Å². The fourth-order valence-corrected chi connectivity index (χ4v) is 6.23. The van der Waals surface area contributed by atoms with Crippen LogP contribution in [0.4, 0.5) is 18.9 Å². The van der Waals surface area contributed by atoms with E-state index in [-0.39, 0.29) is 11.5 Å². The van der Waals surface area contributed by atoms with Gasteiger partial charge in [0.1, 0.15) is 11.5 Å². The Morgan fingerprint density at radius 2 is 1.57 bits per heavy atom. The van der Waals surface area contributed by atoms with Gasteiger partial charge in [0, 0.05) is 16.6 Å². The molecule has 3 aromatic carbocycles. The molecule has 1 N–H and O–H groups in total. The normalized spacial score (nSPS) is 12.4. The summed E-state index contributed by atoms with van der Waals surface area (Å²) < 4.78 is 96.4. The van der Waals surface area contributed by atoms with E-state index >= 15 is 0 Å². The molecule has 0 heterocycles. The lowest BCUT2D eigenvalue weighted by Gasteiger charge is -2.13. The minimum Gasteiger partial charge on any atom is -0.456 e. The average Bonchev–Trinajstić information content (AvgIpc) is 2.74. The van der Waals surface area contributed by atoms with Gasteiger partial charge in [-0.2, -0.15) is 13.2 Å². The molecule has 0 bridgehead atoms. The summed E-state index contributed by atoms with van der Waals surface area (Å²) in [6.45, 7) is 0. The Morgan fingerprint density at radius 3 is 2.11 bits per heavy atom. The number of ether oxygens (including phenoxy) is 1. The predicted octanol–water partition coefficient (Wildman–Crippen LogP) is 5.49. The van der Waals surface area contributed by atoms with Crippen LogP contribution in [-0.2, 0) is 26.2 Å². The molecule has 0 fully saturated rings. The van der Waals surface area contributed by atoms with E-state index in [9.17, 15) is 40.1 Å². The highest BCUT2D eigenvalue weighted by atomic mass is 79.9. The van der Waals surface area contributed by atoms with Gasteiger partial charge >= 0.3 is 6.18 Å². The van der Waals surface area contributed by atoms with Crippen LogP contribution in [-0.4, -0.2) is 21.8 Å². The summed E-state index contributed by atoms with van der Waals surface area (Å²) in [6, 6.07) is 9.33. The van der Waals surface area contributed by atoms with Gasteiger partial charge in [0.15, 0.2) is 4.90 Å². The van der Waals surface area contributed by atoms with Crippen LogP contribution in [0.1, 0.15) is 5.56 Å². The van der Waals surface area contributed by atoms with Crippen LogP contribution in [0.15, 0.2) is 74.9 Å². The minimum atomic E-state index is -5.06. The van der Waals surface area contributed by atoms with Gasteiger partial charge in [0.25, 0.3) is 25.7 Å². The summed E-state index contributed by atoms with van der Waals surface area (Å²) in [5.74, 6) is -0.689. The van der Waals surface area contributed by atoms with E-state index in [1.165, 1.54) is 16.3 Å². The number of nitrogens with one attached hydrogen (secondary N) is 1. The topological polar surface area (TPSA) is 133 Å². The van der Waals surface area contributed by atoms with E-state index in [2.05, 4.69) is 15.9 Å². The van der Waals surface area contributed by atoms with Crippen molar-refractivity contribution < 1.29 is 39.7 Å². The molecule has 16 heteroatoms. The van der Waals surface area contributed by atoms with Gasteiger partial charge in [-0.3, -0.25) is 10.1 Å².